The lowest BCUT2D eigenvalue weighted by Gasteiger charge is -2.27. The van der Waals surface area contributed by atoms with E-state index in [4.69, 9.17) is 4.42 Å². The minimum absolute atomic E-state index is 0.865. The van der Waals surface area contributed by atoms with E-state index < -0.39 is 0 Å². The molecular formula is C56H35NOS. The van der Waals surface area contributed by atoms with Gasteiger partial charge < -0.3 is 9.32 Å². The summed E-state index contributed by atoms with van der Waals surface area (Å²) in [5.74, 6) is 0. The quantitative estimate of drug-likeness (QED) is 0.157. The second kappa shape index (κ2) is 13.6. The Hall–Kier alpha value is -7.46. The maximum absolute atomic E-state index is 6.48. The van der Waals surface area contributed by atoms with Gasteiger partial charge in [-0.1, -0.05) is 152 Å². The summed E-state index contributed by atoms with van der Waals surface area (Å²) in [6.07, 6.45) is 0. The molecule has 0 radical (unpaired) electrons. The van der Waals surface area contributed by atoms with Crippen LogP contribution >= 0.6 is 11.3 Å². The molecule has 0 saturated heterocycles. The molecule has 0 saturated carbocycles. The fraction of sp³-hybridized carbons (Fsp3) is 0. The third-order valence-corrected chi connectivity index (χ3v) is 13.1. The number of anilines is 3. The number of thiophene rings is 1. The molecule has 0 atom stereocenters. The molecular weight excluding hydrogens is 735 g/mol. The summed E-state index contributed by atoms with van der Waals surface area (Å²) in [7, 11) is 0. The predicted octanol–water partition coefficient (Wildman–Crippen LogP) is 16.7. The molecule has 0 N–H and O–H groups in total. The number of fused-ring (bicyclic) bond motifs is 9. The van der Waals surface area contributed by atoms with Crippen molar-refractivity contribution in [3.05, 3.63) is 212 Å². The van der Waals surface area contributed by atoms with Gasteiger partial charge in [-0.15, -0.1) is 11.3 Å². The van der Waals surface area contributed by atoms with E-state index in [9.17, 15) is 0 Å². The molecule has 12 rings (SSSR count). The summed E-state index contributed by atoms with van der Waals surface area (Å²) >= 11 is 1.87. The van der Waals surface area contributed by atoms with Crippen LogP contribution in [0.15, 0.2) is 217 Å². The molecule has 2 heterocycles. The van der Waals surface area contributed by atoms with E-state index in [1.807, 2.05) is 23.5 Å². The Morgan fingerprint density at radius 1 is 0.322 bits per heavy atom. The largest absolute Gasteiger partial charge is 0.456 e. The highest BCUT2D eigenvalue weighted by Crippen LogP contribution is 2.46. The molecule has 2 aromatic heterocycles. The Balaban J connectivity index is 1.06. The Labute approximate surface area is 345 Å². The highest BCUT2D eigenvalue weighted by molar-refractivity contribution is 7.26. The van der Waals surface area contributed by atoms with E-state index >= 15 is 0 Å². The highest BCUT2D eigenvalue weighted by atomic mass is 32.1. The summed E-state index contributed by atoms with van der Waals surface area (Å²) in [6, 6.07) is 77.0. The second-order valence-electron chi connectivity index (χ2n) is 15.2. The lowest BCUT2D eigenvalue weighted by molar-refractivity contribution is 0.669. The molecule has 0 amide bonds. The van der Waals surface area contributed by atoms with E-state index in [-0.39, 0.29) is 0 Å². The molecule has 12 aromatic rings. The van der Waals surface area contributed by atoms with Crippen LogP contribution in [-0.2, 0) is 0 Å². The van der Waals surface area contributed by atoms with Crippen LogP contribution in [0.1, 0.15) is 0 Å². The van der Waals surface area contributed by atoms with E-state index in [0.717, 1.165) is 39.0 Å². The van der Waals surface area contributed by atoms with Gasteiger partial charge in [0.25, 0.3) is 0 Å². The first kappa shape index (κ1) is 33.7. The summed E-state index contributed by atoms with van der Waals surface area (Å²) < 4.78 is 9.09. The number of rotatable bonds is 6. The molecule has 0 aliphatic heterocycles. The molecule has 59 heavy (non-hydrogen) atoms. The smallest absolute Gasteiger partial charge is 0.137 e. The van der Waals surface area contributed by atoms with Gasteiger partial charge in [0.2, 0.25) is 0 Å². The topological polar surface area (TPSA) is 16.4 Å². The predicted molar refractivity (Wildman–Crippen MR) is 253 cm³/mol. The third kappa shape index (κ3) is 5.55. The van der Waals surface area contributed by atoms with Gasteiger partial charge in [-0.25, -0.2) is 0 Å². The Morgan fingerprint density at radius 3 is 1.81 bits per heavy atom. The van der Waals surface area contributed by atoms with Crippen LogP contribution in [-0.4, -0.2) is 0 Å². The molecule has 0 bridgehead atoms. The normalized spacial score (nSPS) is 11.7. The molecule has 0 aliphatic rings. The monoisotopic (exact) mass is 769 g/mol. The first-order chi connectivity index (χ1) is 29.2. The second-order valence-corrected chi connectivity index (χ2v) is 16.3. The van der Waals surface area contributed by atoms with Gasteiger partial charge in [0.15, 0.2) is 0 Å². The minimum atomic E-state index is 0.865. The van der Waals surface area contributed by atoms with Crippen LogP contribution in [0.2, 0.25) is 0 Å². The summed E-state index contributed by atoms with van der Waals surface area (Å²) in [6.45, 7) is 0. The summed E-state index contributed by atoms with van der Waals surface area (Å²) in [5.41, 5.74) is 12.1. The molecule has 10 aromatic carbocycles. The highest BCUT2D eigenvalue weighted by Gasteiger charge is 2.20. The van der Waals surface area contributed by atoms with E-state index in [1.54, 1.807) is 0 Å². The van der Waals surface area contributed by atoms with Crippen LogP contribution < -0.4 is 4.90 Å². The maximum Gasteiger partial charge on any atom is 0.137 e. The number of hydrogen-bond acceptors (Lipinski definition) is 3. The van der Waals surface area contributed by atoms with Gasteiger partial charge in [0.1, 0.15) is 11.2 Å². The molecule has 0 aliphatic carbocycles. The van der Waals surface area contributed by atoms with Crippen LogP contribution in [0.25, 0.3) is 97.0 Å². The van der Waals surface area contributed by atoms with Crippen LogP contribution in [0.4, 0.5) is 17.1 Å². The van der Waals surface area contributed by atoms with E-state index in [0.29, 0.717) is 0 Å². The van der Waals surface area contributed by atoms with Gasteiger partial charge in [0.05, 0.1) is 0 Å². The Kier molecular flexibility index (Phi) is 7.75. The van der Waals surface area contributed by atoms with Crippen molar-refractivity contribution in [2.24, 2.45) is 0 Å². The van der Waals surface area contributed by atoms with Crippen molar-refractivity contribution in [1.82, 2.24) is 0 Å². The molecule has 3 heteroatoms. The van der Waals surface area contributed by atoms with Crippen molar-refractivity contribution in [1.29, 1.82) is 0 Å². The van der Waals surface area contributed by atoms with Crippen molar-refractivity contribution in [3.63, 3.8) is 0 Å². The number of hydrogen-bond donors (Lipinski definition) is 0. The fourth-order valence-corrected chi connectivity index (χ4v) is 10.3. The first-order valence-corrected chi connectivity index (χ1v) is 20.9. The van der Waals surface area contributed by atoms with Crippen molar-refractivity contribution < 1.29 is 4.42 Å². The molecule has 2 nitrogen and oxygen atoms in total. The van der Waals surface area contributed by atoms with Gasteiger partial charge in [0, 0.05) is 59.6 Å². The van der Waals surface area contributed by atoms with Gasteiger partial charge >= 0.3 is 0 Å². The molecule has 0 spiro atoms. The number of benzene rings is 10. The zero-order valence-electron chi connectivity index (χ0n) is 32.0. The lowest BCUT2D eigenvalue weighted by atomic mass is 9.92. The average molecular weight is 770 g/mol. The first-order valence-electron chi connectivity index (χ1n) is 20.1. The van der Waals surface area contributed by atoms with Gasteiger partial charge in [-0.3, -0.25) is 0 Å². The molecule has 0 fully saturated rings. The number of nitrogens with zero attached hydrogens (tertiary/aromatic N) is 1. The summed E-state index contributed by atoms with van der Waals surface area (Å²) in [5, 5.41) is 9.88. The zero-order valence-corrected chi connectivity index (χ0v) is 32.8. The molecule has 0 unspecified atom stereocenters. The zero-order chi connectivity index (χ0) is 38.9. The number of furan rings is 1. The van der Waals surface area contributed by atoms with Crippen molar-refractivity contribution in [3.8, 4) is 33.4 Å². The van der Waals surface area contributed by atoms with Crippen LogP contribution in [0.3, 0.4) is 0 Å². The van der Waals surface area contributed by atoms with Crippen LogP contribution in [0, 0.1) is 0 Å². The summed E-state index contributed by atoms with van der Waals surface area (Å²) in [4.78, 5) is 2.37. The van der Waals surface area contributed by atoms with Crippen molar-refractivity contribution in [2.75, 3.05) is 4.90 Å². The fourth-order valence-electron chi connectivity index (χ4n) is 9.11. The van der Waals surface area contributed by atoms with Gasteiger partial charge in [-0.2, -0.15) is 0 Å². The Morgan fingerprint density at radius 2 is 0.949 bits per heavy atom. The average Bonchev–Trinajstić information content (AvgIpc) is 3.88. The van der Waals surface area contributed by atoms with Crippen molar-refractivity contribution in [2.45, 2.75) is 0 Å². The van der Waals surface area contributed by atoms with Crippen molar-refractivity contribution >= 4 is 92.1 Å². The molecule has 276 valence electrons. The van der Waals surface area contributed by atoms with Crippen LogP contribution in [0.5, 0.6) is 0 Å². The lowest BCUT2D eigenvalue weighted by Crippen LogP contribution is -2.10. The van der Waals surface area contributed by atoms with E-state index in [2.05, 4.69) is 205 Å². The third-order valence-electron chi connectivity index (χ3n) is 11.9. The maximum atomic E-state index is 6.48. The SMILES string of the molecule is c1ccc(-c2cc(N(c3ccc(-c4cc5ccccc5c5ccccc45)cc3)c3ccc4c(c3)oc3ccccc34)ccc2-c2cccc3c2sc2ccccc23)cc1. The minimum Gasteiger partial charge on any atom is -0.456 e. The van der Waals surface area contributed by atoms with E-state index in [1.165, 1.54) is 75.1 Å². The number of para-hydroxylation sites is 1. The van der Waals surface area contributed by atoms with Gasteiger partial charge in [-0.05, 0) is 104 Å². The Bertz CT molecular complexity index is 3560. The standard InChI is InChI=1S/C56H35NOS/c1-2-13-36(14-3-1)52-34-40(29-31-45(52)49-21-12-22-50-48-20-9-11-24-55(48)59-56(49)50)57(41-30-32-47-46-19-8-10-23-53(46)58-54(47)35-41)39-27-25-37(26-28-39)51-33-38-15-4-5-16-42(38)43-17-6-7-18-44(43)51/h1-35H.